The number of benzene rings is 1. The summed E-state index contributed by atoms with van der Waals surface area (Å²) < 4.78 is 0. The molecule has 2 nitrogen and oxygen atoms in total. The van der Waals surface area contributed by atoms with Gasteiger partial charge in [-0.1, -0.05) is 48.6 Å². The van der Waals surface area contributed by atoms with Crippen molar-refractivity contribution in [2.75, 3.05) is 0 Å². The van der Waals surface area contributed by atoms with Crippen LogP contribution in [0.4, 0.5) is 0 Å². The Bertz CT molecular complexity index is 479. The molecule has 92 valence electrons. The normalized spacial score (nSPS) is 12.7. The molecule has 0 unspecified atom stereocenters. The van der Waals surface area contributed by atoms with Crippen LogP contribution >= 0.6 is 0 Å². The Balaban J connectivity index is 1.82. The number of hydrogen-bond acceptors (Lipinski definition) is 2. The van der Waals surface area contributed by atoms with Crippen molar-refractivity contribution in [2.45, 2.75) is 18.9 Å². The molecule has 0 radical (unpaired) electrons. The summed E-state index contributed by atoms with van der Waals surface area (Å²) in [7, 11) is 0. The standard InChI is InChI=1S/C16H17NO/c18-16(11-9-14-6-2-1-3-7-14)12-10-15-8-4-5-13-17-15/h1-9,11,13,16,18H,10,12H2/b11-9+/t16-/m0/s1. The molecule has 0 amide bonds. The van der Waals surface area contributed by atoms with Crippen molar-refractivity contribution in [3.8, 4) is 0 Å². The summed E-state index contributed by atoms with van der Waals surface area (Å²) in [6.45, 7) is 0. The number of pyridine rings is 1. The van der Waals surface area contributed by atoms with E-state index in [0.717, 1.165) is 17.7 Å². The first-order valence-electron chi connectivity index (χ1n) is 6.16. The molecule has 1 N–H and O–H groups in total. The minimum absolute atomic E-state index is 0.424. The van der Waals surface area contributed by atoms with E-state index in [1.807, 2.05) is 60.7 Å². The van der Waals surface area contributed by atoms with Crippen LogP contribution in [0.25, 0.3) is 6.08 Å². The highest BCUT2D eigenvalue weighted by Crippen LogP contribution is 2.06. The third kappa shape index (κ3) is 4.15. The number of aliphatic hydroxyl groups excluding tert-OH is 1. The van der Waals surface area contributed by atoms with E-state index < -0.39 is 6.10 Å². The lowest BCUT2D eigenvalue weighted by atomic mass is 10.1. The molecule has 18 heavy (non-hydrogen) atoms. The molecule has 0 aliphatic rings. The SMILES string of the molecule is O[C@@H](/C=C/c1ccccc1)CCc1ccccn1. The van der Waals surface area contributed by atoms with E-state index in [9.17, 15) is 5.11 Å². The Morgan fingerprint density at radius 2 is 1.83 bits per heavy atom. The second kappa shape index (κ2) is 6.72. The van der Waals surface area contributed by atoms with E-state index in [0.29, 0.717) is 6.42 Å². The zero-order valence-corrected chi connectivity index (χ0v) is 10.2. The molecule has 0 aliphatic heterocycles. The molecule has 1 aromatic carbocycles. The van der Waals surface area contributed by atoms with E-state index in [1.54, 1.807) is 6.20 Å². The van der Waals surface area contributed by atoms with Crippen LogP contribution in [0.1, 0.15) is 17.7 Å². The molecule has 0 saturated heterocycles. The molecule has 1 heterocycles. The van der Waals surface area contributed by atoms with Crippen LogP contribution in [0, 0.1) is 0 Å². The van der Waals surface area contributed by atoms with Crippen molar-refractivity contribution >= 4 is 6.08 Å². The summed E-state index contributed by atoms with van der Waals surface area (Å²) in [5, 5.41) is 9.86. The average Bonchev–Trinajstić information content (AvgIpc) is 2.45. The summed E-state index contributed by atoms with van der Waals surface area (Å²) in [6.07, 6.45) is 6.62. The fourth-order valence-electron chi connectivity index (χ4n) is 1.72. The van der Waals surface area contributed by atoms with Gasteiger partial charge in [0.15, 0.2) is 0 Å². The van der Waals surface area contributed by atoms with Gasteiger partial charge in [-0.25, -0.2) is 0 Å². The van der Waals surface area contributed by atoms with Crippen LogP contribution < -0.4 is 0 Å². The van der Waals surface area contributed by atoms with E-state index in [-0.39, 0.29) is 0 Å². The number of rotatable bonds is 5. The van der Waals surface area contributed by atoms with Gasteiger partial charge in [0.05, 0.1) is 6.10 Å². The highest BCUT2D eigenvalue weighted by molar-refractivity contribution is 5.49. The summed E-state index contributed by atoms with van der Waals surface area (Å²) in [6, 6.07) is 15.8. The zero-order valence-electron chi connectivity index (χ0n) is 10.2. The number of nitrogens with zero attached hydrogens (tertiary/aromatic N) is 1. The Labute approximate surface area is 108 Å². The van der Waals surface area contributed by atoms with Gasteiger partial charge in [-0.2, -0.15) is 0 Å². The first kappa shape index (κ1) is 12.5. The maximum absolute atomic E-state index is 9.86. The molecule has 0 spiro atoms. The second-order valence-electron chi connectivity index (χ2n) is 4.20. The quantitative estimate of drug-likeness (QED) is 0.869. The van der Waals surface area contributed by atoms with Crippen molar-refractivity contribution in [2.24, 2.45) is 0 Å². The van der Waals surface area contributed by atoms with Crippen molar-refractivity contribution in [3.05, 3.63) is 72.1 Å². The minimum Gasteiger partial charge on any atom is -0.389 e. The van der Waals surface area contributed by atoms with Crippen molar-refractivity contribution in [3.63, 3.8) is 0 Å². The van der Waals surface area contributed by atoms with Crippen molar-refractivity contribution < 1.29 is 5.11 Å². The second-order valence-corrected chi connectivity index (χ2v) is 4.20. The lowest BCUT2D eigenvalue weighted by molar-refractivity contribution is 0.213. The molecule has 0 aliphatic carbocycles. The van der Waals surface area contributed by atoms with E-state index >= 15 is 0 Å². The first-order chi connectivity index (χ1) is 8.84. The predicted molar refractivity (Wildman–Crippen MR) is 74.0 cm³/mol. The van der Waals surface area contributed by atoms with Gasteiger partial charge in [-0.15, -0.1) is 0 Å². The van der Waals surface area contributed by atoms with Gasteiger partial charge in [-0.3, -0.25) is 4.98 Å². The smallest absolute Gasteiger partial charge is 0.0727 e. The maximum atomic E-state index is 9.86. The molecule has 1 aromatic heterocycles. The van der Waals surface area contributed by atoms with Gasteiger partial charge in [0.25, 0.3) is 0 Å². The highest BCUT2D eigenvalue weighted by atomic mass is 16.3. The number of aromatic nitrogens is 1. The zero-order chi connectivity index (χ0) is 12.6. The van der Waals surface area contributed by atoms with Crippen LogP contribution in [0.5, 0.6) is 0 Å². The number of aliphatic hydroxyl groups is 1. The van der Waals surface area contributed by atoms with Crippen LogP contribution in [0.3, 0.4) is 0 Å². The third-order valence-electron chi connectivity index (χ3n) is 2.73. The largest absolute Gasteiger partial charge is 0.389 e. The topological polar surface area (TPSA) is 33.1 Å². The lowest BCUT2D eigenvalue weighted by Gasteiger charge is -2.04. The third-order valence-corrected chi connectivity index (χ3v) is 2.73. The fourth-order valence-corrected chi connectivity index (χ4v) is 1.72. The molecule has 2 rings (SSSR count). The van der Waals surface area contributed by atoms with Gasteiger partial charge >= 0.3 is 0 Å². The average molecular weight is 239 g/mol. The lowest BCUT2D eigenvalue weighted by Crippen LogP contribution is -2.04. The van der Waals surface area contributed by atoms with Gasteiger partial charge < -0.3 is 5.11 Å². The molecular formula is C16H17NO. The molecule has 0 bridgehead atoms. The molecule has 2 heteroatoms. The summed E-state index contributed by atoms with van der Waals surface area (Å²) in [5.41, 5.74) is 2.12. The Morgan fingerprint density at radius 1 is 1.06 bits per heavy atom. The van der Waals surface area contributed by atoms with Crippen LogP contribution in [0.2, 0.25) is 0 Å². The fraction of sp³-hybridized carbons (Fsp3) is 0.188. The van der Waals surface area contributed by atoms with E-state index in [4.69, 9.17) is 0 Å². The van der Waals surface area contributed by atoms with Crippen molar-refractivity contribution in [1.29, 1.82) is 0 Å². The van der Waals surface area contributed by atoms with Gasteiger partial charge in [0.2, 0.25) is 0 Å². The Hall–Kier alpha value is -1.93. The van der Waals surface area contributed by atoms with Crippen LogP contribution in [0.15, 0.2) is 60.8 Å². The molecular weight excluding hydrogens is 222 g/mol. The summed E-state index contributed by atoms with van der Waals surface area (Å²) in [5.74, 6) is 0. The molecule has 0 fully saturated rings. The Kier molecular flexibility index (Phi) is 4.68. The monoisotopic (exact) mass is 239 g/mol. The maximum Gasteiger partial charge on any atom is 0.0727 e. The van der Waals surface area contributed by atoms with Crippen LogP contribution in [-0.4, -0.2) is 16.2 Å². The highest BCUT2D eigenvalue weighted by Gasteiger charge is 2.00. The Morgan fingerprint density at radius 3 is 2.56 bits per heavy atom. The molecule has 2 aromatic rings. The van der Waals surface area contributed by atoms with Gasteiger partial charge in [0, 0.05) is 11.9 Å². The minimum atomic E-state index is -0.424. The summed E-state index contributed by atoms with van der Waals surface area (Å²) >= 11 is 0. The molecule has 1 atom stereocenters. The van der Waals surface area contributed by atoms with Gasteiger partial charge in [-0.05, 0) is 30.5 Å². The van der Waals surface area contributed by atoms with E-state index in [1.165, 1.54) is 0 Å². The number of aryl methyl sites for hydroxylation is 1. The van der Waals surface area contributed by atoms with Crippen LogP contribution in [-0.2, 0) is 6.42 Å². The number of hydrogen-bond donors (Lipinski definition) is 1. The van der Waals surface area contributed by atoms with Crippen molar-refractivity contribution in [1.82, 2.24) is 4.98 Å². The first-order valence-corrected chi connectivity index (χ1v) is 6.16. The van der Waals surface area contributed by atoms with Gasteiger partial charge in [0.1, 0.15) is 0 Å². The summed E-state index contributed by atoms with van der Waals surface area (Å²) in [4.78, 5) is 4.23. The predicted octanol–water partition coefficient (Wildman–Crippen LogP) is 3.09. The molecule has 0 saturated carbocycles. The van der Waals surface area contributed by atoms with E-state index in [2.05, 4.69) is 4.98 Å².